The van der Waals surface area contributed by atoms with Gasteiger partial charge in [-0.3, -0.25) is 4.79 Å². The molecule has 3 atom stereocenters. The summed E-state index contributed by atoms with van der Waals surface area (Å²) in [7, 11) is 0. The number of carbonyl (C=O) groups is 1. The summed E-state index contributed by atoms with van der Waals surface area (Å²) < 4.78 is 5.42. The number of amides is 1. The third kappa shape index (κ3) is 3.33. The molecule has 1 saturated carbocycles. The molecule has 1 saturated heterocycles. The SMILES string of the molecule is CCC1COCCN1C(=O)C1CCC(N)C1.Cl. The summed E-state index contributed by atoms with van der Waals surface area (Å²) >= 11 is 0. The minimum Gasteiger partial charge on any atom is -0.377 e. The molecule has 0 aromatic rings. The molecule has 4 nitrogen and oxygen atoms in total. The van der Waals surface area contributed by atoms with Crippen LogP contribution >= 0.6 is 12.4 Å². The van der Waals surface area contributed by atoms with E-state index in [1.165, 1.54) is 0 Å². The van der Waals surface area contributed by atoms with Crippen molar-refractivity contribution in [2.75, 3.05) is 19.8 Å². The van der Waals surface area contributed by atoms with E-state index < -0.39 is 0 Å². The maximum Gasteiger partial charge on any atom is 0.226 e. The van der Waals surface area contributed by atoms with Gasteiger partial charge in [0.2, 0.25) is 5.91 Å². The number of nitrogens with two attached hydrogens (primary N) is 1. The van der Waals surface area contributed by atoms with Gasteiger partial charge in [-0.2, -0.15) is 0 Å². The van der Waals surface area contributed by atoms with E-state index >= 15 is 0 Å². The van der Waals surface area contributed by atoms with Crippen LogP contribution in [0.25, 0.3) is 0 Å². The van der Waals surface area contributed by atoms with Crippen molar-refractivity contribution in [2.45, 2.75) is 44.7 Å². The molecule has 1 aliphatic heterocycles. The number of nitrogens with zero attached hydrogens (tertiary/aromatic N) is 1. The molecule has 3 unspecified atom stereocenters. The third-order valence-corrected chi connectivity index (χ3v) is 3.80. The second-order valence-electron chi connectivity index (χ2n) is 4.94. The molecule has 2 fully saturated rings. The Kier molecular flexibility index (Phi) is 5.70. The number of carbonyl (C=O) groups excluding carboxylic acids is 1. The highest BCUT2D eigenvalue weighted by atomic mass is 35.5. The van der Waals surface area contributed by atoms with Crippen molar-refractivity contribution >= 4 is 18.3 Å². The van der Waals surface area contributed by atoms with Gasteiger partial charge in [0.1, 0.15) is 0 Å². The lowest BCUT2D eigenvalue weighted by Crippen LogP contribution is -2.50. The van der Waals surface area contributed by atoms with E-state index in [1.54, 1.807) is 0 Å². The zero-order chi connectivity index (χ0) is 11.5. The van der Waals surface area contributed by atoms with E-state index in [-0.39, 0.29) is 30.4 Å². The standard InChI is InChI=1S/C12H22N2O2.ClH/c1-2-11-8-16-6-5-14(11)12(15)9-3-4-10(13)7-9;/h9-11H,2-8,13H2,1H3;1H. The van der Waals surface area contributed by atoms with E-state index in [9.17, 15) is 4.79 Å². The Labute approximate surface area is 109 Å². The Morgan fingerprint density at radius 3 is 2.82 bits per heavy atom. The molecule has 0 bridgehead atoms. The van der Waals surface area contributed by atoms with Crippen molar-refractivity contribution < 1.29 is 9.53 Å². The number of hydrogen-bond acceptors (Lipinski definition) is 3. The molecule has 1 heterocycles. The van der Waals surface area contributed by atoms with Gasteiger partial charge < -0.3 is 15.4 Å². The summed E-state index contributed by atoms with van der Waals surface area (Å²) in [5.74, 6) is 0.477. The normalized spacial score (nSPS) is 33.3. The van der Waals surface area contributed by atoms with Crippen LogP contribution in [0.2, 0.25) is 0 Å². The highest BCUT2D eigenvalue weighted by molar-refractivity contribution is 5.85. The monoisotopic (exact) mass is 262 g/mol. The van der Waals surface area contributed by atoms with Crippen LogP contribution in [0.5, 0.6) is 0 Å². The van der Waals surface area contributed by atoms with Crippen molar-refractivity contribution in [2.24, 2.45) is 11.7 Å². The smallest absolute Gasteiger partial charge is 0.226 e. The Morgan fingerprint density at radius 2 is 2.24 bits per heavy atom. The Morgan fingerprint density at radius 1 is 1.47 bits per heavy atom. The first kappa shape index (κ1) is 14.7. The molecule has 100 valence electrons. The van der Waals surface area contributed by atoms with Crippen molar-refractivity contribution in [3.05, 3.63) is 0 Å². The van der Waals surface area contributed by atoms with Gasteiger partial charge in [-0.15, -0.1) is 12.4 Å². The molecule has 1 amide bonds. The maximum absolute atomic E-state index is 12.3. The molecule has 2 aliphatic rings. The van der Waals surface area contributed by atoms with E-state index in [2.05, 4.69) is 6.92 Å². The lowest BCUT2D eigenvalue weighted by atomic mass is 10.0. The summed E-state index contributed by atoms with van der Waals surface area (Å²) in [5, 5.41) is 0. The van der Waals surface area contributed by atoms with Gasteiger partial charge in [0.05, 0.1) is 19.3 Å². The quantitative estimate of drug-likeness (QED) is 0.813. The van der Waals surface area contributed by atoms with E-state index in [4.69, 9.17) is 10.5 Å². The summed E-state index contributed by atoms with van der Waals surface area (Å²) in [6.07, 6.45) is 3.81. The molecule has 2 rings (SSSR count). The first-order valence-corrected chi connectivity index (χ1v) is 6.36. The van der Waals surface area contributed by atoms with Crippen LogP contribution in [-0.4, -0.2) is 42.6 Å². The van der Waals surface area contributed by atoms with Crippen LogP contribution in [0.15, 0.2) is 0 Å². The minimum atomic E-state index is 0. The first-order chi connectivity index (χ1) is 7.72. The summed E-state index contributed by atoms with van der Waals surface area (Å²) in [6.45, 7) is 4.24. The van der Waals surface area contributed by atoms with Gasteiger partial charge >= 0.3 is 0 Å². The molecule has 5 heteroatoms. The van der Waals surface area contributed by atoms with Crippen LogP contribution in [0.1, 0.15) is 32.6 Å². The fourth-order valence-corrected chi connectivity index (χ4v) is 2.76. The highest BCUT2D eigenvalue weighted by Crippen LogP contribution is 2.27. The average Bonchev–Trinajstić information content (AvgIpc) is 2.75. The molecular formula is C12H23ClN2O2. The predicted octanol–water partition coefficient (Wildman–Crippen LogP) is 1.17. The number of morpholine rings is 1. The van der Waals surface area contributed by atoms with Gasteiger partial charge in [-0.25, -0.2) is 0 Å². The van der Waals surface area contributed by atoms with Gasteiger partial charge in [0, 0.05) is 18.5 Å². The van der Waals surface area contributed by atoms with Crippen molar-refractivity contribution in [1.82, 2.24) is 4.90 Å². The Bertz CT molecular complexity index is 263. The Hall–Kier alpha value is -0.320. The molecule has 0 radical (unpaired) electrons. The zero-order valence-corrected chi connectivity index (χ0v) is 11.2. The fraction of sp³-hybridized carbons (Fsp3) is 0.917. The second kappa shape index (κ2) is 6.57. The van der Waals surface area contributed by atoms with Gasteiger partial charge in [-0.05, 0) is 25.7 Å². The molecule has 0 aromatic heterocycles. The number of rotatable bonds is 2. The van der Waals surface area contributed by atoms with Gasteiger partial charge in [0.15, 0.2) is 0 Å². The molecular weight excluding hydrogens is 240 g/mol. The molecule has 0 spiro atoms. The molecule has 17 heavy (non-hydrogen) atoms. The molecule has 2 N–H and O–H groups in total. The number of ether oxygens (including phenoxy) is 1. The third-order valence-electron chi connectivity index (χ3n) is 3.80. The zero-order valence-electron chi connectivity index (χ0n) is 10.4. The van der Waals surface area contributed by atoms with Crippen molar-refractivity contribution in [3.8, 4) is 0 Å². The first-order valence-electron chi connectivity index (χ1n) is 6.36. The maximum atomic E-state index is 12.3. The number of hydrogen-bond donors (Lipinski definition) is 1. The van der Waals surface area contributed by atoms with Crippen LogP contribution < -0.4 is 5.73 Å². The molecule has 0 aromatic carbocycles. The van der Waals surface area contributed by atoms with Crippen LogP contribution in [0.3, 0.4) is 0 Å². The second-order valence-corrected chi connectivity index (χ2v) is 4.94. The highest BCUT2D eigenvalue weighted by Gasteiger charge is 2.34. The number of halogens is 1. The summed E-state index contributed by atoms with van der Waals surface area (Å²) in [6, 6.07) is 0.508. The van der Waals surface area contributed by atoms with E-state index in [0.717, 1.165) is 32.2 Å². The lowest BCUT2D eigenvalue weighted by Gasteiger charge is -2.36. The van der Waals surface area contributed by atoms with Gasteiger partial charge in [-0.1, -0.05) is 6.92 Å². The Balaban J connectivity index is 0.00000144. The summed E-state index contributed by atoms with van der Waals surface area (Å²) in [5.41, 5.74) is 5.86. The molecule has 1 aliphatic carbocycles. The van der Waals surface area contributed by atoms with E-state index in [1.807, 2.05) is 4.90 Å². The largest absolute Gasteiger partial charge is 0.377 e. The van der Waals surface area contributed by atoms with Crippen molar-refractivity contribution in [1.29, 1.82) is 0 Å². The lowest BCUT2D eigenvalue weighted by molar-refractivity contribution is -0.144. The van der Waals surface area contributed by atoms with Crippen LogP contribution in [-0.2, 0) is 9.53 Å². The van der Waals surface area contributed by atoms with Crippen molar-refractivity contribution in [3.63, 3.8) is 0 Å². The van der Waals surface area contributed by atoms with Gasteiger partial charge in [0.25, 0.3) is 0 Å². The summed E-state index contributed by atoms with van der Waals surface area (Å²) in [4.78, 5) is 14.4. The van der Waals surface area contributed by atoms with E-state index in [0.29, 0.717) is 19.1 Å². The minimum absolute atomic E-state index is 0. The fourth-order valence-electron chi connectivity index (χ4n) is 2.76. The average molecular weight is 263 g/mol. The predicted molar refractivity (Wildman–Crippen MR) is 69.2 cm³/mol. The van der Waals surface area contributed by atoms with Crippen LogP contribution in [0, 0.1) is 5.92 Å². The van der Waals surface area contributed by atoms with Crippen LogP contribution in [0.4, 0.5) is 0 Å². The topological polar surface area (TPSA) is 55.6 Å².